The van der Waals surface area contributed by atoms with Gasteiger partial charge in [0.2, 0.25) is 0 Å². The van der Waals surface area contributed by atoms with E-state index in [2.05, 4.69) is 4.98 Å². The van der Waals surface area contributed by atoms with E-state index in [0.29, 0.717) is 11.3 Å². The molecule has 0 fully saturated rings. The number of rotatable bonds is 6. The van der Waals surface area contributed by atoms with Crippen LogP contribution in [0.15, 0.2) is 36.4 Å². The summed E-state index contributed by atoms with van der Waals surface area (Å²) in [6.45, 7) is 3.86. The Morgan fingerprint density at radius 1 is 0.875 bits per heavy atom. The zero-order valence-electron chi connectivity index (χ0n) is 13.9. The van der Waals surface area contributed by atoms with E-state index < -0.39 is 11.9 Å². The number of ether oxygens (including phenoxy) is 3. The van der Waals surface area contributed by atoms with Gasteiger partial charge in [-0.05, 0) is 49.2 Å². The van der Waals surface area contributed by atoms with E-state index in [4.69, 9.17) is 14.2 Å². The van der Waals surface area contributed by atoms with E-state index in [0.717, 1.165) is 5.56 Å². The van der Waals surface area contributed by atoms with Crippen molar-refractivity contribution in [2.75, 3.05) is 20.3 Å². The minimum atomic E-state index is -0.585. The lowest BCUT2D eigenvalue weighted by atomic mass is 10.0. The summed E-state index contributed by atoms with van der Waals surface area (Å²) in [5.74, 6) is -0.458. The number of esters is 2. The molecule has 0 atom stereocenters. The number of nitrogens with zero attached hydrogens (tertiary/aromatic N) is 1. The normalized spacial score (nSPS) is 10.1. The molecule has 126 valence electrons. The minimum absolute atomic E-state index is 0.0632. The molecule has 1 heterocycles. The molecule has 0 radical (unpaired) electrons. The molecule has 0 aliphatic carbocycles. The minimum Gasteiger partial charge on any atom is -0.497 e. The second kappa shape index (κ2) is 8.10. The standard InChI is InChI=1S/C18H19NO5/c1-4-23-17(20)15-10-13(11-16(19-15)18(21)24-5-2)12-6-8-14(22-3)9-7-12/h6-11H,4-5H2,1-3H3. The number of aromatic nitrogens is 1. The third-order valence-electron chi connectivity index (χ3n) is 3.22. The Labute approximate surface area is 140 Å². The van der Waals surface area contributed by atoms with Crippen molar-refractivity contribution in [2.45, 2.75) is 13.8 Å². The SMILES string of the molecule is CCOC(=O)c1cc(-c2ccc(OC)cc2)cc(C(=O)OCC)n1. The third-order valence-corrected chi connectivity index (χ3v) is 3.22. The second-order valence-electron chi connectivity index (χ2n) is 4.80. The van der Waals surface area contributed by atoms with Crippen molar-refractivity contribution in [3.05, 3.63) is 47.8 Å². The largest absolute Gasteiger partial charge is 0.497 e. The van der Waals surface area contributed by atoms with E-state index in [1.165, 1.54) is 0 Å². The average molecular weight is 329 g/mol. The van der Waals surface area contributed by atoms with Crippen molar-refractivity contribution >= 4 is 11.9 Å². The third kappa shape index (κ3) is 4.10. The number of methoxy groups -OCH3 is 1. The number of hydrogen-bond donors (Lipinski definition) is 0. The van der Waals surface area contributed by atoms with Gasteiger partial charge < -0.3 is 14.2 Å². The lowest BCUT2D eigenvalue weighted by Gasteiger charge is -2.09. The Bertz CT molecular complexity index is 688. The van der Waals surface area contributed by atoms with Crippen molar-refractivity contribution < 1.29 is 23.8 Å². The zero-order chi connectivity index (χ0) is 17.5. The van der Waals surface area contributed by atoms with Gasteiger partial charge in [-0.1, -0.05) is 12.1 Å². The number of pyridine rings is 1. The van der Waals surface area contributed by atoms with Gasteiger partial charge >= 0.3 is 11.9 Å². The highest BCUT2D eigenvalue weighted by molar-refractivity contribution is 5.94. The molecule has 0 aliphatic heterocycles. The molecule has 0 unspecified atom stereocenters. The summed E-state index contributed by atoms with van der Waals surface area (Å²) in [6.07, 6.45) is 0. The van der Waals surface area contributed by atoms with Crippen molar-refractivity contribution in [3.63, 3.8) is 0 Å². The fourth-order valence-electron chi connectivity index (χ4n) is 2.10. The molecular formula is C18H19NO5. The van der Waals surface area contributed by atoms with Crippen LogP contribution in [0.25, 0.3) is 11.1 Å². The van der Waals surface area contributed by atoms with Gasteiger partial charge in [0.1, 0.15) is 17.1 Å². The van der Waals surface area contributed by atoms with Crippen molar-refractivity contribution in [1.82, 2.24) is 4.98 Å². The Hall–Kier alpha value is -2.89. The summed E-state index contributed by atoms with van der Waals surface area (Å²) < 4.78 is 15.1. The number of hydrogen-bond acceptors (Lipinski definition) is 6. The van der Waals surface area contributed by atoms with E-state index in [-0.39, 0.29) is 24.6 Å². The maximum Gasteiger partial charge on any atom is 0.356 e. The Morgan fingerprint density at radius 3 is 1.79 bits per heavy atom. The van der Waals surface area contributed by atoms with Gasteiger partial charge in [-0.15, -0.1) is 0 Å². The van der Waals surface area contributed by atoms with Crippen LogP contribution in [-0.4, -0.2) is 37.2 Å². The van der Waals surface area contributed by atoms with Gasteiger partial charge in [-0.3, -0.25) is 0 Å². The van der Waals surface area contributed by atoms with Gasteiger partial charge in [-0.25, -0.2) is 14.6 Å². The highest BCUT2D eigenvalue weighted by Gasteiger charge is 2.17. The molecule has 2 aromatic rings. The van der Waals surface area contributed by atoms with Crippen LogP contribution in [0.5, 0.6) is 5.75 Å². The first kappa shape index (κ1) is 17.5. The summed E-state index contributed by atoms with van der Waals surface area (Å²) in [5.41, 5.74) is 1.61. The molecule has 0 bridgehead atoms. The summed E-state index contributed by atoms with van der Waals surface area (Å²) in [5, 5.41) is 0. The maximum atomic E-state index is 12.0. The highest BCUT2D eigenvalue weighted by Crippen LogP contribution is 2.24. The molecule has 0 saturated heterocycles. The molecule has 1 aromatic carbocycles. The predicted octanol–water partition coefficient (Wildman–Crippen LogP) is 3.11. The predicted molar refractivity (Wildman–Crippen MR) is 88.1 cm³/mol. The molecule has 24 heavy (non-hydrogen) atoms. The first-order valence-corrected chi connectivity index (χ1v) is 7.59. The molecule has 0 aliphatic rings. The maximum absolute atomic E-state index is 12.0. The summed E-state index contributed by atoms with van der Waals surface area (Å²) in [7, 11) is 1.58. The highest BCUT2D eigenvalue weighted by atomic mass is 16.5. The summed E-state index contributed by atoms with van der Waals surface area (Å²) in [6, 6.07) is 10.4. The molecular weight excluding hydrogens is 310 g/mol. The van der Waals surface area contributed by atoms with Gasteiger partial charge in [-0.2, -0.15) is 0 Å². The molecule has 2 rings (SSSR count). The first-order chi connectivity index (χ1) is 11.6. The van der Waals surface area contributed by atoms with Crippen molar-refractivity contribution in [3.8, 4) is 16.9 Å². The van der Waals surface area contributed by atoms with Crippen LogP contribution in [0.2, 0.25) is 0 Å². The van der Waals surface area contributed by atoms with Crippen molar-refractivity contribution in [1.29, 1.82) is 0 Å². The Kier molecular flexibility index (Phi) is 5.89. The fraction of sp³-hybridized carbons (Fsp3) is 0.278. The smallest absolute Gasteiger partial charge is 0.356 e. The van der Waals surface area contributed by atoms with Crippen LogP contribution in [0.1, 0.15) is 34.8 Å². The van der Waals surface area contributed by atoms with Crippen LogP contribution in [0.3, 0.4) is 0 Å². The molecule has 6 nitrogen and oxygen atoms in total. The summed E-state index contributed by atoms with van der Waals surface area (Å²) >= 11 is 0. The van der Waals surface area contributed by atoms with E-state index in [1.807, 2.05) is 12.1 Å². The number of carbonyl (C=O) groups is 2. The number of benzene rings is 1. The van der Waals surface area contributed by atoms with E-state index in [1.54, 1.807) is 45.2 Å². The quantitative estimate of drug-likeness (QED) is 0.758. The fourth-order valence-corrected chi connectivity index (χ4v) is 2.10. The topological polar surface area (TPSA) is 74.7 Å². The Morgan fingerprint density at radius 2 is 1.38 bits per heavy atom. The van der Waals surface area contributed by atoms with Crippen LogP contribution < -0.4 is 4.74 Å². The lowest BCUT2D eigenvalue weighted by molar-refractivity contribution is 0.0511. The van der Waals surface area contributed by atoms with Gasteiger partial charge in [0, 0.05) is 0 Å². The lowest BCUT2D eigenvalue weighted by Crippen LogP contribution is -2.13. The molecule has 6 heteroatoms. The van der Waals surface area contributed by atoms with Gasteiger partial charge in [0.25, 0.3) is 0 Å². The van der Waals surface area contributed by atoms with Crippen LogP contribution in [0.4, 0.5) is 0 Å². The van der Waals surface area contributed by atoms with Crippen LogP contribution in [-0.2, 0) is 9.47 Å². The van der Waals surface area contributed by atoms with Crippen LogP contribution >= 0.6 is 0 Å². The first-order valence-electron chi connectivity index (χ1n) is 7.59. The second-order valence-corrected chi connectivity index (χ2v) is 4.80. The van der Waals surface area contributed by atoms with Gasteiger partial charge in [0.05, 0.1) is 20.3 Å². The molecule has 0 saturated carbocycles. The molecule has 0 N–H and O–H groups in total. The average Bonchev–Trinajstić information content (AvgIpc) is 2.62. The molecule has 1 aromatic heterocycles. The number of carbonyl (C=O) groups excluding carboxylic acids is 2. The van der Waals surface area contributed by atoms with E-state index in [9.17, 15) is 9.59 Å². The van der Waals surface area contributed by atoms with Crippen LogP contribution in [0, 0.1) is 0 Å². The monoisotopic (exact) mass is 329 g/mol. The molecule has 0 amide bonds. The molecule has 0 spiro atoms. The zero-order valence-corrected chi connectivity index (χ0v) is 13.9. The Balaban J connectivity index is 2.48. The van der Waals surface area contributed by atoms with Gasteiger partial charge in [0.15, 0.2) is 0 Å². The summed E-state index contributed by atoms with van der Waals surface area (Å²) in [4.78, 5) is 28.1. The van der Waals surface area contributed by atoms with Crippen molar-refractivity contribution in [2.24, 2.45) is 0 Å². The van der Waals surface area contributed by atoms with E-state index >= 15 is 0 Å².